The lowest BCUT2D eigenvalue weighted by atomic mass is 9.99. The van der Waals surface area contributed by atoms with Crippen LogP contribution in [0.15, 0.2) is 16.7 Å². The van der Waals surface area contributed by atoms with Crippen molar-refractivity contribution in [2.75, 3.05) is 19.6 Å². The van der Waals surface area contributed by atoms with Crippen LogP contribution in [0.3, 0.4) is 0 Å². The Bertz CT molecular complexity index is 505. The maximum absolute atomic E-state index is 12.8. The van der Waals surface area contributed by atoms with Gasteiger partial charge in [0.25, 0.3) is 5.91 Å². The van der Waals surface area contributed by atoms with Gasteiger partial charge < -0.3 is 14.8 Å². The van der Waals surface area contributed by atoms with Gasteiger partial charge in [-0.05, 0) is 48.7 Å². The zero-order valence-corrected chi connectivity index (χ0v) is 13.0. The molecule has 2 heterocycles. The molecule has 19 heavy (non-hydrogen) atoms. The van der Waals surface area contributed by atoms with Crippen LogP contribution in [0.1, 0.15) is 43.2 Å². The Hall–Kier alpha value is -0.810. The summed E-state index contributed by atoms with van der Waals surface area (Å²) in [6.45, 7) is 6.75. The van der Waals surface area contributed by atoms with E-state index in [9.17, 15) is 4.79 Å². The van der Waals surface area contributed by atoms with Crippen LogP contribution in [0.25, 0.3) is 0 Å². The Morgan fingerprint density at radius 3 is 2.84 bits per heavy atom. The first-order valence-corrected chi connectivity index (χ1v) is 7.68. The van der Waals surface area contributed by atoms with Crippen LogP contribution >= 0.6 is 15.9 Å². The van der Waals surface area contributed by atoms with Crippen molar-refractivity contribution in [1.82, 2.24) is 14.8 Å². The summed E-state index contributed by atoms with van der Waals surface area (Å²) in [5, 5.41) is 3.36. The normalized spacial score (nSPS) is 22.6. The van der Waals surface area contributed by atoms with Gasteiger partial charge in [0, 0.05) is 36.3 Å². The van der Waals surface area contributed by atoms with E-state index in [2.05, 4.69) is 39.7 Å². The van der Waals surface area contributed by atoms with Gasteiger partial charge in [0.05, 0.1) is 5.54 Å². The number of nitrogens with one attached hydrogen (secondary N) is 1. The Kier molecular flexibility index (Phi) is 3.21. The topological polar surface area (TPSA) is 37.3 Å². The molecule has 1 saturated heterocycles. The molecule has 3 rings (SSSR count). The molecule has 0 spiro atoms. The highest BCUT2D eigenvalue weighted by Gasteiger charge is 2.36. The fourth-order valence-corrected chi connectivity index (χ4v) is 3.21. The molecule has 0 unspecified atom stereocenters. The Morgan fingerprint density at radius 1 is 1.47 bits per heavy atom. The van der Waals surface area contributed by atoms with Crippen molar-refractivity contribution >= 4 is 21.8 Å². The number of amides is 1. The van der Waals surface area contributed by atoms with E-state index in [1.165, 1.54) is 12.8 Å². The third-order valence-electron chi connectivity index (χ3n) is 4.02. The summed E-state index contributed by atoms with van der Waals surface area (Å²) < 4.78 is 3.14. The first kappa shape index (κ1) is 13.2. The molecule has 4 nitrogen and oxygen atoms in total. The highest BCUT2D eigenvalue weighted by molar-refractivity contribution is 9.10. The molecule has 2 fully saturated rings. The smallest absolute Gasteiger partial charge is 0.271 e. The highest BCUT2D eigenvalue weighted by atomic mass is 79.9. The fourth-order valence-electron chi connectivity index (χ4n) is 2.77. The van der Waals surface area contributed by atoms with Gasteiger partial charge in [-0.2, -0.15) is 0 Å². The van der Waals surface area contributed by atoms with Gasteiger partial charge in [0.1, 0.15) is 5.69 Å². The molecule has 0 atom stereocenters. The number of hydrogen-bond donors (Lipinski definition) is 1. The largest absolute Gasteiger partial charge is 0.339 e. The number of piperazine rings is 1. The average Bonchev–Trinajstić information content (AvgIpc) is 3.11. The van der Waals surface area contributed by atoms with Gasteiger partial charge in [-0.15, -0.1) is 0 Å². The van der Waals surface area contributed by atoms with E-state index in [1.54, 1.807) is 0 Å². The standard InChI is InChI=1S/C14H20BrN3O/c1-14(2)9-16-5-6-18(14)13(19)12-7-10(15)8-17(12)11-3-4-11/h7-8,11,16H,3-6,9H2,1-2H3. The van der Waals surface area contributed by atoms with Crippen molar-refractivity contribution in [3.8, 4) is 0 Å². The van der Waals surface area contributed by atoms with Crippen LogP contribution in [0, 0.1) is 0 Å². The third kappa shape index (κ3) is 2.46. The minimum Gasteiger partial charge on any atom is -0.339 e. The summed E-state index contributed by atoms with van der Waals surface area (Å²) in [5.41, 5.74) is 0.699. The van der Waals surface area contributed by atoms with Gasteiger partial charge in [0.2, 0.25) is 0 Å². The average molecular weight is 326 g/mol. The van der Waals surface area contributed by atoms with Crippen LogP contribution in [-0.4, -0.2) is 40.5 Å². The second-order valence-corrected chi connectivity index (χ2v) is 7.04. The van der Waals surface area contributed by atoms with E-state index in [0.29, 0.717) is 6.04 Å². The Balaban J connectivity index is 1.90. The highest BCUT2D eigenvalue weighted by Crippen LogP contribution is 2.38. The number of halogens is 1. The van der Waals surface area contributed by atoms with Crippen molar-refractivity contribution in [3.63, 3.8) is 0 Å². The molecule has 1 aromatic heterocycles. The van der Waals surface area contributed by atoms with Crippen LogP contribution in [0.5, 0.6) is 0 Å². The predicted octanol–water partition coefficient (Wildman–Crippen LogP) is 2.41. The molecular formula is C14H20BrN3O. The molecule has 1 N–H and O–H groups in total. The summed E-state index contributed by atoms with van der Waals surface area (Å²) in [7, 11) is 0. The Morgan fingerprint density at radius 2 is 2.21 bits per heavy atom. The molecule has 5 heteroatoms. The maximum atomic E-state index is 12.8. The minimum atomic E-state index is -0.125. The lowest BCUT2D eigenvalue weighted by Crippen LogP contribution is -2.60. The Labute approximate surface area is 122 Å². The van der Waals surface area contributed by atoms with Crippen LogP contribution in [0.2, 0.25) is 0 Å². The quantitative estimate of drug-likeness (QED) is 0.906. The number of nitrogens with zero attached hydrogens (tertiary/aromatic N) is 2. The molecule has 0 aromatic carbocycles. The third-order valence-corrected chi connectivity index (χ3v) is 4.45. The van der Waals surface area contributed by atoms with Gasteiger partial charge in [-0.3, -0.25) is 4.79 Å². The van der Waals surface area contributed by atoms with E-state index in [0.717, 1.165) is 29.8 Å². The van der Waals surface area contributed by atoms with Crippen molar-refractivity contribution in [2.45, 2.75) is 38.3 Å². The SMILES string of the molecule is CC1(C)CNCCN1C(=O)c1cc(Br)cn1C1CC1. The van der Waals surface area contributed by atoms with Crippen molar-refractivity contribution in [2.24, 2.45) is 0 Å². The first-order valence-electron chi connectivity index (χ1n) is 6.89. The molecular weight excluding hydrogens is 306 g/mol. The molecule has 2 aliphatic rings. The first-order chi connectivity index (χ1) is 8.99. The van der Waals surface area contributed by atoms with Crippen LogP contribution < -0.4 is 5.32 Å². The van der Waals surface area contributed by atoms with Gasteiger partial charge in [0.15, 0.2) is 0 Å². The second kappa shape index (κ2) is 4.63. The molecule has 1 saturated carbocycles. The summed E-state index contributed by atoms with van der Waals surface area (Å²) >= 11 is 3.50. The minimum absolute atomic E-state index is 0.125. The molecule has 1 aliphatic carbocycles. The number of aromatic nitrogens is 1. The molecule has 104 valence electrons. The number of carbonyl (C=O) groups is 1. The summed E-state index contributed by atoms with van der Waals surface area (Å²) in [5.74, 6) is 0.157. The predicted molar refractivity (Wildman–Crippen MR) is 78.4 cm³/mol. The van der Waals surface area contributed by atoms with Gasteiger partial charge in [-0.25, -0.2) is 0 Å². The summed E-state index contributed by atoms with van der Waals surface area (Å²) in [6.07, 6.45) is 4.42. The van der Waals surface area contributed by atoms with Gasteiger partial charge in [-0.1, -0.05) is 0 Å². The molecule has 0 bridgehead atoms. The maximum Gasteiger partial charge on any atom is 0.271 e. The van der Waals surface area contributed by atoms with Gasteiger partial charge >= 0.3 is 0 Å². The lowest BCUT2D eigenvalue weighted by molar-refractivity contribution is 0.0466. The number of carbonyl (C=O) groups excluding carboxylic acids is 1. The van der Waals surface area contributed by atoms with Crippen LogP contribution in [0.4, 0.5) is 0 Å². The molecule has 0 radical (unpaired) electrons. The van der Waals surface area contributed by atoms with E-state index in [-0.39, 0.29) is 11.4 Å². The van der Waals surface area contributed by atoms with E-state index >= 15 is 0 Å². The van der Waals surface area contributed by atoms with Crippen molar-refractivity contribution < 1.29 is 4.79 Å². The molecule has 1 amide bonds. The molecule has 1 aliphatic heterocycles. The zero-order chi connectivity index (χ0) is 13.6. The van der Waals surface area contributed by atoms with E-state index in [4.69, 9.17) is 0 Å². The lowest BCUT2D eigenvalue weighted by Gasteiger charge is -2.42. The zero-order valence-electron chi connectivity index (χ0n) is 11.4. The monoisotopic (exact) mass is 325 g/mol. The summed E-state index contributed by atoms with van der Waals surface area (Å²) in [4.78, 5) is 14.8. The van der Waals surface area contributed by atoms with Crippen molar-refractivity contribution in [1.29, 1.82) is 0 Å². The molecule has 1 aromatic rings. The fraction of sp³-hybridized carbons (Fsp3) is 0.643. The van der Waals surface area contributed by atoms with Crippen molar-refractivity contribution in [3.05, 3.63) is 22.4 Å². The second-order valence-electron chi connectivity index (χ2n) is 6.13. The van der Waals surface area contributed by atoms with E-state index in [1.807, 2.05) is 17.2 Å². The summed E-state index contributed by atoms with van der Waals surface area (Å²) in [6, 6.07) is 2.48. The van der Waals surface area contributed by atoms with Crippen LogP contribution in [-0.2, 0) is 0 Å². The number of rotatable bonds is 2. The van der Waals surface area contributed by atoms with E-state index < -0.39 is 0 Å². The number of hydrogen-bond acceptors (Lipinski definition) is 2.